The molecule has 31 heavy (non-hydrogen) atoms. The summed E-state index contributed by atoms with van der Waals surface area (Å²) in [5.74, 6) is -1.22. The lowest BCUT2D eigenvalue weighted by Crippen LogP contribution is -2.49. The molecule has 1 aliphatic rings. The quantitative estimate of drug-likeness (QED) is 0.434. The second-order valence-electron chi connectivity index (χ2n) is 8.72. The van der Waals surface area contributed by atoms with Gasteiger partial charge in [0.25, 0.3) is 0 Å². The topological polar surface area (TPSA) is 69.4 Å². The van der Waals surface area contributed by atoms with Crippen molar-refractivity contribution in [2.75, 3.05) is 6.54 Å². The Morgan fingerprint density at radius 1 is 1.03 bits per heavy atom. The molecule has 0 amide bonds. The summed E-state index contributed by atoms with van der Waals surface area (Å²) in [4.78, 5) is 26.6. The molecule has 2 N–H and O–H groups in total. The highest BCUT2D eigenvalue weighted by molar-refractivity contribution is 6.02. The maximum absolute atomic E-state index is 13.4. The maximum Gasteiger partial charge on any atom is 0.317 e. The molecule has 3 atom stereocenters. The summed E-state index contributed by atoms with van der Waals surface area (Å²) < 4.78 is 6.13. The van der Waals surface area contributed by atoms with Gasteiger partial charge in [0, 0.05) is 12.3 Å². The number of Topliss-reactive ketones (excluding diaryl/α,β-unsaturated/α-hetero) is 1. The number of hydrogen-bond donors (Lipinski definition) is 1. The molecule has 1 aliphatic heterocycles. The second kappa shape index (κ2) is 10.7. The van der Waals surface area contributed by atoms with Gasteiger partial charge in [0.2, 0.25) is 0 Å². The molecular weight excluding hydrogens is 386 g/mol. The number of carbonyl (C=O) groups excluding carboxylic acids is 2. The van der Waals surface area contributed by atoms with Crippen LogP contribution in [0.5, 0.6) is 0 Å². The molecule has 2 aromatic carbocycles. The minimum atomic E-state index is -0.747. The van der Waals surface area contributed by atoms with Gasteiger partial charge in [-0.25, -0.2) is 0 Å². The lowest BCUT2D eigenvalue weighted by atomic mass is 9.74. The average molecular weight is 422 g/mol. The number of rotatable bonds is 10. The molecule has 0 radical (unpaired) electrons. The second-order valence-corrected chi connectivity index (χ2v) is 8.72. The van der Waals surface area contributed by atoms with E-state index in [1.54, 1.807) is 0 Å². The van der Waals surface area contributed by atoms with Gasteiger partial charge >= 0.3 is 5.97 Å². The first kappa shape index (κ1) is 23.2. The Hall–Kier alpha value is -2.46. The summed E-state index contributed by atoms with van der Waals surface area (Å²) in [5, 5.41) is 0. The molecule has 3 rings (SSSR count). The fraction of sp³-hybridized carbons (Fsp3) is 0.481. The largest absolute Gasteiger partial charge is 0.458 e. The molecule has 166 valence electrons. The number of aryl methyl sites for hydroxylation is 2. The number of esters is 1. The first-order valence-electron chi connectivity index (χ1n) is 11.6. The molecule has 1 saturated heterocycles. The van der Waals surface area contributed by atoms with Crippen molar-refractivity contribution in [1.29, 1.82) is 0 Å². The highest BCUT2D eigenvalue weighted by Gasteiger charge is 2.48. The van der Waals surface area contributed by atoms with Gasteiger partial charge in [0.15, 0.2) is 5.78 Å². The van der Waals surface area contributed by atoms with Crippen molar-refractivity contribution in [1.82, 2.24) is 0 Å². The number of ether oxygens (including phenoxy) is 1. The molecule has 0 spiro atoms. The van der Waals surface area contributed by atoms with Crippen LogP contribution >= 0.6 is 0 Å². The molecule has 2 aromatic rings. The number of benzene rings is 2. The molecule has 0 aromatic heterocycles. The summed E-state index contributed by atoms with van der Waals surface area (Å²) in [5.41, 5.74) is 8.46. The molecular formula is C27H35NO3. The Labute approximate surface area is 186 Å². The molecule has 3 unspecified atom stereocenters. The van der Waals surface area contributed by atoms with E-state index < -0.39 is 11.5 Å². The summed E-state index contributed by atoms with van der Waals surface area (Å²) in [7, 11) is 0. The summed E-state index contributed by atoms with van der Waals surface area (Å²) >= 11 is 0. The van der Waals surface area contributed by atoms with Crippen LogP contribution in [0.2, 0.25) is 0 Å². The molecule has 0 saturated carbocycles. The number of ketones is 1. The van der Waals surface area contributed by atoms with Crippen molar-refractivity contribution in [3.05, 3.63) is 71.3 Å². The third-order valence-corrected chi connectivity index (χ3v) is 6.59. The molecule has 4 nitrogen and oxygen atoms in total. The van der Waals surface area contributed by atoms with E-state index >= 15 is 0 Å². The Kier molecular flexibility index (Phi) is 8.03. The third kappa shape index (κ3) is 5.62. The first-order chi connectivity index (χ1) is 15.0. The normalized spacial score (nSPS) is 22.2. The van der Waals surface area contributed by atoms with Gasteiger partial charge in [-0.1, -0.05) is 68.4 Å². The minimum Gasteiger partial charge on any atom is -0.458 e. The Morgan fingerprint density at radius 3 is 2.42 bits per heavy atom. The van der Waals surface area contributed by atoms with Crippen LogP contribution in [0.3, 0.4) is 0 Å². The van der Waals surface area contributed by atoms with Crippen molar-refractivity contribution < 1.29 is 14.3 Å². The molecule has 1 heterocycles. The van der Waals surface area contributed by atoms with Crippen LogP contribution in [0.15, 0.2) is 54.6 Å². The number of nitrogens with two attached hydrogens (primary N) is 1. The van der Waals surface area contributed by atoms with E-state index in [9.17, 15) is 9.59 Å². The van der Waals surface area contributed by atoms with Crippen LogP contribution in [0, 0.1) is 5.92 Å². The highest BCUT2D eigenvalue weighted by Crippen LogP contribution is 2.41. The van der Waals surface area contributed by atoms with Crippen LogP contribution < -0.4 is 5.73 Å². The molecule has 0 aliphatic carbocycles. The number of hydrogen-bond acceptors (Lipinski definition) is 4. The van der Waals surface area contributed by atoms with Crippen LogP contribution in [0.4, 0.5) is 0 Å². The molecule has 4 heteroatoms. The summed E-state index contributed by atoms with van der Waals surface area (Å²) in [6, 6.07) is 18.4. The smallest absolute Gasteiger partial charge is 0.317 e. The summed E-state index contributed by atoms with van der Waals surface area (Å²) in [6.07, 6.45) is 4.70. The first-order valence-corrected chi connectivity index (χ1v) is 11.6. The Balaban J connectivity index is 1.81. The average Bonchev–Trinajstić information content (AvgIpc) is 2.79. The van der Waals surface area contributed by atoms with E-state index in [1.165, 1.54) is 11.1 Å². The van der Waals surface area contributed by atoms with Crippen molar-refractivity contribution in [2.24, 2.45) is 11.7 Å². The zero-order valence-corrected chi connectivity index (χ0v) is 18.8. The fourth-order valence-corrected chi connectivity index (χ4v) is 4.81. The molecule has 0 bridgehead atoms. The van der Waals surface area contributed by atoms with E-state index in [0.717, 1.165) is 31.2 Å². The lowest BCUT2D eigenvalue weighted by Gasteiger charge is -2.41. The fourth-order valence-electron chi connectivity index (χ4n) is 4.81. The van der Waals surface area contributed by atoms with Crippen LogP contribution in [-0.2, 0) is 27.2 Å². The van der Waals surface area contributed by atoms with E-state index in [4.69, 9.17) is 10.5 Å². The van der Waals surface area contributed by atoms with Crippen molar-refractivity contribution in [3.63, 3.8) is 0 Å². The standard InChI is InChI=1S/C27H35NO3/c1-3-20-12-8-13-22(18-20)23(4-2)25-24(29)19-27(15-9-17-28,31-26(25)30)16-14-21-10-6-5-7-11-21/h5-8,10-13,18,23,25H,3-4,9,14-17,19,28H2,1-2H3. The molecule has 1 fully saturated rings. The zero-order valence-electron chi connectivity index (χ0n) is 18.8. The van der Waals surface area contributed by atoms with Crippen LogP contribution in [0.25, 0.3) is 0 Å². The summed E-state index contributed by atoms with van der Waals surface area (Å²) in [6.45, 7) is 4.66. The predicted octanol–water partition coefficient (Wildman–Crippen LogP) is 4.99. The Bertz CT molecular complexity index is 859. The van der Waals surface area contributed by atoms with Gasteiger partial charge in [-0.05, 0) is 61.8 Å². The maximum atomic E-state index is 13.4. The van der Waals surface area contributed by atoms with Gasteiger partial charge in [-0.2, -0.15) is 0 Å². The van der Waals surface area contributed by atoms with Gasteiger partial charge in [0.05, 0.1) is 0 Å². The van der Waals surface area contributed by atoms with Crippen molar-refractivity contribution in [2.45, 2.75) is 70.3 Å². The van der Waals surface area contributed by atoms with Crippen LogP contribution in [0.1, 0.15) is 68.6 Å². The SMILES string of the molecule is CCc1cccc(C(CC)C2C(=O)CC(CCCN)(CCc3ccccc3)OC2=O)c1. The van der Waals surface area contributed by atoms with E-state index in [-0.39, 0.29) is 24.1 Å². The monoisotopic (exact) mass is 421 g/mol. The van der Waals surface area contributed by atoms with Crippen LogP contribution in [-0.4, -0.2) is 23.9 Å². The van der Waals surface area contributed by atoms with E-state index in [1.807, 2.05) is 37.3 Å². The van der Waals surface area contributed by atoms with E-state index in [2.05, 4.69) is 31.2 Å². The highest BCUT2D eigenvalue weighted by atomic mass is 16.6. The number of cyclic esters (lactones) is 1. The zero-order chi connectivity index (χ0) is 22.3. The lowest BCUT2D eigenvalue weighted by molar-refractivity contribution is -0.180. The Morgan fingerprint density at radius 2 is 1.77 bits per heavy atom. The number of carbonyl (C=O) groups is 2. The van der Waals surface area contributed by atoms with Crippen molar-refractivity contribution >= 4 is 11.8 Å². The van der Waals surface area contributed by atoms with Gasteiger partial charge in [-0.15, -0.1) is 0 Å². The minimum absolute atomic E-state index is 0.00934. The predicted molar refractivity (Wildman–Crippen MR) is 124 cm³/mol. The van der Waals surface area contributed by atoms with Gasteiger partial charge < -0.3 is 10.5 Å². The van der Waals surface area contributed by atoms with Gasteiger partial charge in [0.1, 0.15) is 11.5 Å². The van der Waals surface area contributed by atoms with E-state index in [0.29, 0.717) is 19.4 Å². The van der Waals surface area contributed by atoms with Gasteiger partial charge in [-0.3, -0.25) is 9.59 Å². The van der Waals surface area contributed by atoms with Crippen molar-refractivity contribution in [3.8, 4) is 0 Å². The third-order valence-electron chi connectivity index (χ3n) is 6.59.